The highest BCUT2D eigenvalue weighted by atomic mass is 79.9. The van der Waals surface area contributed by atoms with Crippen LogP contribution in [0, 0.1) is 0 Å². The number of para-hydroxylation sites is 1. The Kier molecular flexibility index (Phi) is 8.22. The van der Waals surface area contributed by atoms with Gasteiger partial charge in [0.2, 0.25) is 5.91 Å². The van der Waals surface area contributed by atoms with Crippen molar-refractivity contribution in [3.63, 3.8) is 0 Å². The molecular weight excluding hydrogens is 590 g/mol. The Morgan fingerprint density at radius 2 is 1.75 bits per heavy atom. The molecule has 4 rings (SSSR count). The molecule has 1 saturated heterocycles. The quantitative estimate of drug-likeness (QED) is 0.245. The minimum atomic E-state index is -0.655. The first-order valence-corrected chi connectivity index (χ1v) is 12.8. The molecule has 0 aliphatic carbocycles. The number of nitrogens with one attached hydrogen (secondary N) is 2. The van der Waals surface area contributed by atoms with E-state index in [1.165, 1.54) is 0 Å². The van der Waals surface area contributed by atoms with Crippen molar-refractivity contribution in [3.05, 3.63) is 98.1 Å². The summed E-state index contributed by atoms with van der Waals surface area (Å²) in [5.41, 5.74) is 3.27. The minimum Gasteiger partial charge on any atom is -0.488 e. The number of hydrogen-bond acceptors (Lipinski definition) is 4. The first-order valence-electron chi connectivity index (χ1n) is 11.2. The van der Waals surface area contributed by atoms with Gasteiger partial charge in [-0.25, -0.2) is 9.69 Å². The molecule has 1 aliphatic heterocycles. The Morgan fingerprint density at radius 3 is 2.50 bits per heavy atom. The molecule has 2 N–H and O–H groups in total. The van der Waals surface area contributed by atoms with Gasteiger partial charge in [-0.3, -0.25) is 9.59 Å². The maximum atomic E-state index is 13.0. The zero-order valence-corrected chi connectivity index (χ0v) is 22.6. The molecule has 184 valence electrons. The molecule has 9 heteroatoms. The van der Waals surface area contributed by atoms with Crippen LogP contribution in [0.5, 0.6) is 5.75 Å². The Bertz CT molecular complexity index is 1340. The molecule has 7 nitrogen and oxygen atoms in total. The second kappa shape index (κ2) is 11.5. The Labute approximate surface area is 225 Å². The van der Waals surface area contributed by atoms with Gasteiger partial charge in [-0.05, 0) is 60.0 Å². The predicted molar refractivity (Wildman–Crippen MR) is 145 cm³/mol. The molecule has 0 radical (unpaired) electrons. The number of nitrogens with zero attached hydrogens (tertiary/aromatic N) is 1. The molecule has 1 fully saturated rings. The van der Waals surface area contributed by atoms with Gasteiger partial charge < -0.3 is 15.4 Å². The summed E-state index contributed by atoms with van der Waals surface area (Å²) in [6.07, 6.45) is 2.29. The highest BCUT2D eigenvalue weighted by Gasteiger charge is 2.35. The third kappa shape index (κ3) is 6.22. The lowest BCUT2D eigenvalue weighted by Crippen LogP contribution is -2.38. The number of carbonyl (C=O) groups is 3. The van der Waals surface area contributed by atoms with Crippen molar-refractivity contribution in [2.45, 2.75) is 20.0 Å². The van der Waals surface area contributed by atoms with Crippen molar-refractivity contribution in [2.24, 2.45) is 0 Å². The Hall–Kier alpha value is -3.43. The van der Waals surface area contributed by atoms with Crippen molar-refractivity contribution >= 4 is 61.5 Å². The molecule has 0 unspecified atom stereocenters. The fraction of sp³-hybridized carbons (Fsp3) is 0.148. The standard InChI is InChI=1S/C27H23Br2N3O4/c1-2-18-5-3-4-6-22(18)30-25(33)15-32-26(34)23(31-27(32)35)14-19-13-21(29)11-12-24(19)36-16-17-7-9-20(28)10-8-17/h3-14H,2,15-16H2,1H3,(H,30,33)(H,31,35)/b23-14+. The fourth-order valence-electron chi connectivity index (χ4n) is 3.66. The van der Waals surface area contributed by atoms with Gasteiger partial charge in [0.15, 0.2) is 0 Å². The summed E-state index contributed by atoms with van der Waals surface area (Å²) >= 11 is 6.85. The van der Waals surface area contributed by atoms with Crippen LogP contribution in [-0.2, 0) is 22.6 Å². The monoisotopic (exact) mass is 611 g/mol. The molecule has 3 aromatic carbocycles. The molecular formula is C27H23Br2N3O4. The van der Waals surface area contributed by atoms with E-state index < -0.39 is 24.4 Å². The summed E-state index contributed by atoms with van der Waals surface area (Å²) in [5.74, 6) is -0.498. The number of hydrogen-bond donors (Lipinski definition) is 2. The second-order valence-corrected chi connectivity index (χ2v) is 9.87. The topological polar surface area (TPSA) is 87.7 Å². The van der Waals surface area contributed by atoms with E-state index in [9.17, 15) is 14.4 Å². The number of rotatable bonds is 8. The number of aryl methyl sites for hydroxylation is 1. The zero-order chi connectivity index (χ0) is 25.7. The number of anilines is 1. The first-order chi connectivity index (χ1) is 17.3. The van der Waals surface area contributed by atoms with Crippen molar-refractivity contribution in [1.29, 1.82) is 0 Å². The van der Waals surface area contributed by atoms with E-state index in [1.54, 1.807) is 24.3 Å². The molecule has 0 bridgehead atoms. The highest BCUT2D eigenvalue weighted by Crippen LogP contribution is 2.27. The van der Waals surface area contributed by atoms with Gasteiger partial charge in [0.25, 0.3) is 5.91 Å². The van der Waals surface area contributed by atoms with E-state index in [1.807, 2.05) is 55.5 Å². The van der Waals surface area contributed by atoms with Gasteiger partial charge in [0.1, 0.15) is 24.6 Å². The number of benzene rings is 3. The summed E-state index contributed by atoms with van der Waals surface area (Å²) in [7, 11) is 0. The fourth-order valence-corrected chi connectivity index (χ4v) is 4.30. The van der Waals surface area contributed by atoms with Crippen LogP contribution in [-0.4, -0.2) is 29.3 Å². The molecule has 0 aromatic heterocycles. The van der Waals surface area contributed by atoms with Crippen molar-refractivity contribution in [3.8, 4) is 5.75 Å². The van der Waals surface area contributed by atoms with E-state index in [-0.39, 0.29) is 5.70 Å². The predicted octanol–water partition coefficient (Wildman–Crippen LogP) is 5.88. The van der Waals surface area contributed by atoms with Crippen LogP contribution in [0.15, 0.2) is 81.4 Å². The molecule has 36 heavy (non-hydrogen) atoms. The molecule has 0 atom stereocenters. The van der Waals surface area contributed by atoms with Gasteiger partial charge in [-0.2, -0.15) is 0 Å². The number of imide groups is 1. The smallest absolute Gasteiger partial charge is 0.329 e. The van der Waals surface area contributed by atoms with Crippen molar-refractivity contribution in [2.75, 3.05) is 11.9 Å². The van der Waals surface area contributed by atoms with Crippen LogP contribution >= 0.6 is 31.9 Å². The molecule has 4 amide bonds. The van der Waals surface area contributed by atoms with E-state index >= 15 is 0 Å². The maximum Gasteiger partial charge on any atom is 0.329 e. The minimum absolute atomic E-state index is 0.0633. The van der Waals surface area contributed by atoms with Gasteiger partial charge in [-0.1, -0.05) is 69.1 Å². The third-order valence-electron chi connectivity index (χ3n) is 5.52. The Balaban J connectivity index is 1.48. The van der Waals surface area contributed by atoms with E-state index in [0.29, 0.717) is 23.6 Å². The molecule has 3 aromatic rings. The van der Waals surface area contributed by atoms with E-state index in [0.717, 1.165) is 31.4 Å². The van der Waals surface area contributed by atoms with Gasteiger partial charge >= 0.3 is 6.03 Å². The van der Waals surface area contributed by atoms with Gasteiger partial charge in [-0.15, -0.1) is 0 Å². The summed E-state index contributed by atoms with van der Waals surface area (Å²) in [5, 5.41) is 5.35. The summed E-state index contributed by atoms with van der Waals surface area (Å²) in [6.45, 7) is 1.92. The number of halogens is 2. The number of urea groups is 1. The molecule has 0 spiro atoms. The lowest BCUT2D eigenvalue weighted by Gasteiger charge is -2.13. The van der Waals surface area contributed by atoms with Crippen LogP contribution in [0.1, 0.15) is 23.6 Å². The van der Waals surface area contributed by atoms with Crippen molar-refractivity contribution in [1.82, 2.24) is 10.2 Å². The largest absolute Gasteiger partial charge is 0.488 e. The zero-order valence-electron chi connectivity index (χ0n) is 19.4. The average Bonchev–Trinajstić information content (AvgIpc) is 3.12. The summed E-state index contributed by atoms with van der Waals surface area (Å²) < 4.78 is 7.75. The highest BCUT2D eigenvalue weighted by molar-refractivity contribution is 9.10. The second-order valence-electron chi connectivity index (χ2n) is 8.04. The van der Waals surface area contributed by atoms with Gasteiger partial charge in [0, 0.05) is 20.2 Å². The number of carbonyl (C=O) groups excluding carboxylic acids is 3. The SMILES string of the molecule is CCc1ccccc1NC(=O)CN1C(=O)N/C(=C/c2cc(Br)ccc2OCc2ccc(Br)cc2)C1=O. The van der Waals surface area contributed by atoms with Gasteiger partial charge in [0.05, 0.1) is 0 Å². The van der Waals surface area contributed by atoms with E-state index in [2.05, 4.69) is 42.5 Å². The normalized spacial score (nSPS) is 14.2. The number of ether oxygens (including phenoxy) is 1. The van der Waals surface area contributed by atoms with Crippen molar-refractivity contribution < 1.29 is 19.1 Å². The van der Waals surface area contributed by atoms with Crippen LogP contribution in [0.2, 0.25) is 0 Å². The maximum absolute atomic E-state index is 13.0. The van der Waals surface area contributed by atoms with E-state index in [4.69, 9.17) is 4.74 Å². The first kappa shape index (κ1) is 25.7. The molecule has 1 heterocycles. The van der Waals surface area contributed by atoms with Crippen LogP contribution in [0.4, 0.5) is 10.5 Å². The lowest BCUT2D eigenvalue weighted by molar-refractivity contribution is -0.127. The third-order valence-corrected chi connectivity index (χ3v) is 6.54. The number of amides is 4. The lowest BCUT2D eigenvalue weighted by atomic mass is 10.1. The van der Waals surface area contributed by atoms with Crippen LogP contribution in [0.25, 0.3) is 6.08 Å². The Morgan fingerprint density at radius 1 is 1.03 bits per heavy atom. The van der Waals surface area contributed by atoms with Crippen LogP contribution in [0.3, 0.4) is 0 Å². The average molecular weight is 613 g/mol. The summed E-state index contributed by atoms with van der Waals surface area (Å²) in [6, 6.07) is 19.9. The molecule has 1 aliphatic rings. The molecule has 0 saturated carbocycles. The van der Waals surface area contributed by atoms with Crippen LogP contribution < -0.4 is 15.4 Å². The summed E-state index contributed by atoms with van der Waals surface area (Å²) in [4.78, 5) is 39.0.